The van der Waals surface area contributed by atoms with Crippen molar-refractivity contribution in [2.45, 2.75) is 31.4 Å². The van der Waals surface area contributed by atoms with Crippen LogP contribution in [0.1, 0.15) is 31.0 Å². The Balaban J connectivity index is 1.87. The molecule has 0 saturated carbocycles. The molecule has 1 aromatic heterocycles. The highest BCUT2D eigenvalue weighted by Gasteiger charge is 2.33. The summed E-state index contributed by atoms with van der Waals surface area (Å²) in [6.07, 6.45) is 3.59. The van der Waals surface area contributed by atoms with E-state index in [0.29, 0.717) is 26.2 Å². The van der Waals surface area contributed by atoms with Gasteiger partial charge in [0.05, 0.1) is 35.6 Å². The average molecular weight is 547 g/mol. The smallest absolute Gasteiger partial charge is 0.387 e. The van der Waals surface area contributed by atoms with Crippen LogP contribution in [0.2, 0.25) is 0 Å². The van der Waals surface area contributed by atoms with Crippen LogP contribution in [0, 0.1) is 0 Å². The van der Waals surface area contributed by atoms with Gasteiger partial charge in [-0.2, -0.15) is 8.78 Å². The summed E-state index contributed by atoms with van der Waals surface area (Å²) in [5, 5.41) is 0. The molecule has 0 amide bonds. The van der Waals surface area contributed by atoms with Gasteiger partial charge in [0, 0.05) is 4.90 Å². The van der Waals surface area contributed by atoms with Crippen LogP contribution in [0.5, 0.6) is 11.5 Å². The zero-order valence-electron chi connectivity index (χ0n) is 20.5. The number of hydrogen-bond donors (Lipinski definition) is 0. The van der Waals surface area contributed by atoms with Crippen LogP contribution in [0.25, 0.3) is 6.08 Å². The maximum Gasteiger partial charge on any atom is 0.387 e. The molecule has 2 heterocycles. The van der Waals surface area contributed by atoms with Crippen LogP contribution in [0.15, 0.2) is 68.4 Å². The highest BCUT2D eigenvalue weighted by molar-refractivity contribution is 7.98. The van der Waals surface area contributed by atoms with Gasteiger partial charge in [-0.05, 0) is 61.6 Å². The highest BCUT2D eigenvalue weighted by atomic mass is 32.2. The number of alkyl halides is 2. The van der Waals surface area contributed by atoms with Gasteiger partial charge in [-0.1, -0.05) is 29.5 Å². The van der Waals surface area contributed by atoms with Gasteiger partial charge in [-0.3, -0.25) is 9.36 Å². The summed E-state index contributed by atoms with van der Waals surface area (Å²) in [5.74, 6) is -0.537. The molecule has 0 spiro atoms. The minimum absolute atomic E-state index is 0.106. The molecule has 4 rings (SSSR count). The van der Waals surface area contributed by atoms with E-state index in [1.165, 1.54) is 35.1 Å². The number of methoxy groups -OCH3 is 1. The van der Waals surface area contributed by atoms with Crippen molar-refractivity contribution in [3.8, 4) is 11.5 Å². The number of nitrogens with zero attached hydrogens (tertiary/aromatic N) is 2. The first-order chi connectivity index (χ1) is 17.8. The molecule has 1 aliphatic heterocycles. The number of allylic oxidation sites excluding steroid dienone is 1. The topological polar surface area (TPSA) is 79.1 Å². The second-order valence-corrected chi connectivity index (χ2v) is 9.75. The molecule has 37 heavy (non-hydrogen) atoms. The zero-order valence-corrected chi connectivity index (χ0v) is 22.1. The van der Waals surface area contributed by atoms with Gasteiger partial charge in [0.1, 0.15) is 0 Å². The molecule has 7 nitrogen and oxygen atoms in total. The number of ether oxygens (including phenoxy) is 3. The molecule has 0 aliphatic carbocycles. The number of halogens is 2. The van der Waals surface area contributed by atoms with Crippen LogP contribution in [0.4, 0.5) is 8.78 Å². The quantitative estimate of drug-likeness (QED) is 0.312. The fourth-order valence-electron chi connectivity index (χ4n) is 4.01. The predicted octanol–water partition coefficient (Wildman–Crippen LogP) is 4.13. The normalized spacial score (nSPS) is 15.4. The molecule has 0 N–H and O–H groups in total. The molecular weight excluding hydrogens is 522 g/mol. The summed E-state index contributed by atoms with van der Waals surface area (Å²) >= 11 is 2.75. The number of thiazole rings is 1. The number of fused-ring (bicyclic) bond motifs is 1. The van der Waals surface area contributed by atoms with Crippen LogP contribution in [-0.2, 0) is 9.53 Å². The lowest BCUT2D eigenvalue weighted by molar-refractivity contribution is -0.139. The third kappa shape index (κ3) is 5.47. The van der Waals surface area contributed by atoms with Crippen molar-refractivity contribution in [3.63, 3.8) is 0 Å². The van der Waals surface area contributed by atoms with Gasteiger partial charge in [0.2, 0.25) is 0 Å². The van der Waals surface area contributed by atoms with Crippen molar-refractivity contribution in [1.82, 2.24) is 4.57 Å². The molecule has 194 valence electrons. The van der Waals surface area contributed by atoms with E-state index >= 15 is 0 Å². The lowest BCUT2D eigenvalue weighted by atomic mass is 9.96. The Morgan fingerprint density at radius 3 is 2.57 bits per heavy atom. The van der Waals surface area contributed by atoms with Gasteiger partial charge in [0.25, 0.3) is 5.56 Å². The number of carbonyl (C=O) groups is 1. The Kier molecular flexibility index (Phi) is 8.13. The molecule has 2 aromatic carbocycles. The largest absolute Gasteiger partial charge is 0.493 e. The first-order valence-corrected chi connectivity index (χ1v) is 13.3. The number of carbonyl (C=O) groups excluding carboxylic acids is 1. The predicted molar refractivity (Wildman–Crippen MR) is 138 cm³/mol. The second kappa shape index (κ2) is 11.3. The maximum atomic E-state index is 13.7. The van der Waals surface area contributed by atoms with E-state index in [0.717, 1.165) is 10.5 Å². The third-order valence-corrected chi connectivity index (χ3v) is 7.38. The summed E-state index contributed by atoms with van der Waals surface area (Å²) in [4.78, 5) is 32.7. The maximum absolute atomic E-state index is 13.7. The van der Waals surface area contributed by atoms with Crippen LogP contribution in [-0.4, -0.2) is 37.1 Å². The van der Waals surface area contributed by atoms with Crippen molar-refractivity contribution in [3.05, 3.63) is 84.5 Å². The Labute approximate surface area is 219 Å². The third-order valence-electron chi connectivity index (χ3n) is 5.65. The number of esters is 1. The first-order valence-electron chi connectivity index (χ1n) is 11.2. The Morgan fingerprint density at radius 2 is 1.95 bits per heavy atom. The molecule has 0 unspecified atom stereocenters. The number of rotatable bonds is 8. The standard InChI is InChI=1S/C26H24F2N2O5S2/c1-5-34-24(32)21-14(2)29-26-30(22(21)16-7-9-17(36-4)10-8-16)23(31)20(37-26)13-15-6-11-18(35-25(27)28)19(12-15)33-3/h6-13,22,25H,5H2,1-4H3/b20-13+/t22-/m1/s1. The Hall–Kier alpha value is -3.44. The average Bonchev–Trinajstić information content (AvgIpc) is 3.18. The Bertz CT molecular complexity index is 1530. The van der Waals surface area contributed by atoms with Gasteiger partial charge in [-0.25, -0.2) is 9.79 Å². The second-order valence-electron chi connectivity index (χ2n) is 7.86. The monoisotopic (exact) mass is 546 g/mol. The van der Waals surface area contributed by atoms with Crippen molar-refractivity contribution in [2.24, 2.45) is 4.99 Å². The van der Waals surface area contributed by atoms with E-state index in [-0.39, 0.29) is 23.7 Å². The minimum atomic E-state index is -3.00. The highest BCUT2D eigenvalue weighted by Crippen LogP contribution is 2.32. The number of benzene rings is 2. The number of thioether (sulfide) groups is 1. The molecular formula is C26H24F2N2O5S2. The molecule has 0 saturated heterocycles. The van der Waals surface area contributed by atoms with Crippen molar-refractivity contribution >= 4 is 35.1 Å². The van der Waals surface area contributed by atoms with Gasteiger partial charge < -0.3 is 14.2 Å². The van der Waals surface area contributed by atoms with E-state index in [1.807, 2.05) is 30.5 Å². The minimum Gasteiger partial charge on any atom is -0.493 e. The summed E-state index contributed by atoms with van der Waals surface area (Å²) in [6, 6.07) is 11.3. The Morgan fingerprint density at radius 1 is 1.22 bits per heavy atom. The summed E-state index contributed by atoms with van der Waals surface area (Å²) in [7, 11) is 1.34. The number of aromatic nitrogens is 1. The molecule has 1 atom stereocenters. The lowest BCUT2D eigenvalue weighted by Crippen LogP contribution is -2.39. The van der Waals surface area contributed by atoms with Gasteiger partial charge >= 0.3 is 12.6 Å². The van der Waals surface area contributed by atoms with E-state index in [2.05, 4.69) is 9.73 Å². The lowest BCUT2D eigenvalue weighted by Gasteiger charge is -2.24. The van der Waals surface area contributed by atoms with Gasteiger partial charge in [-0.15, -0.1) is 11.8 Å². The SMILES string of the molecule is CCOC(=O)C1=C(C)N=c2s/c(=C/c3ccc(OC(F)F)c(OC)c3)c(=O)n2[C@@H]1c1ccc(SC)cc1. The summed E-state index contributed by atoms with van der Waals surface area (Å²) in [5.41, 5.74) is 1.72. The molecule has 3 aromatic rings. The first kappa shape index (κ1) is 26.6. The fraction of sp³-hybridized carbons (Fsp3) is 0.269. The molecule has 0 fully saturated rings. The van der Waals surface area contributed by atoms with Crippen LogP contribution in [0.3, 0.4) is 0 Å². The van der Waals surface area contributed by atoms with E-state index in [1.54, 1.807) is 37.8 Å². The molecule has 0 bridgehead atoms. The number of hydrogen-bond acceptors (Lipinski definition) is 8. The summed E-state index contributed by atoms with van der Waals surface area (Å²) < 4.78 is 42.2. The fourth-order valence-corrected chi connectivity index (χ4v) is 5.47. The zero-order chi connectivity index (χ0) is 26.7. The van der Waals surface area contributed by atoms with E-state index < -0.39 is 18.6 Å². The van der Waals surface area contributed by atoms with E-state index in [4.69, 9.17) is 9.47 Å². The molecule has 11 heteroatoms. The van der Waals surface area contributed by atoms with Crippen LogP contribution >= 0.6 is 23.1 Å². The van der Waals surface area contributed by atoms with Crippen molar-refractivity contribution < 1.29 is 27.8 Å². The van der Waals surface area contributed by atoms with Crippen molar-refractivity contribution in [1.29, 1.82) is 0 Å². The van der Waals surface area contributed by atoms with Crippen LogP contribution < -0.4 is 24.4 Å². The summed E-state index contributed by atoms with van der Waals surface area (Å²) in [6.45, 7) is 0.632. The molecule has 1 aliphatic rings. The van der Waals surface area contributed by atoms with E-state index in [9.17, 15) is 18.4 Å². The van der Waals surface area contributed by atoms with Gasteiger partial charge in [0.15, 0.2) is 16.3 Å². The van der Waals surface area contributed by atoms with Crippen molar-refractivity contribution in [2.75, 3.05) is 20.0 Å². The molecule has 0 radical (unpaired) electrons.